The number of aryl methyl sites for hydroxylation is 1. The summed E-state index contributed by atoms with van der Waals surface area (Å²) in [4.78, 5) is 20.1. The fourth-order valence-electron chi connectivity index (χ4n) is 5.13. The third-order valence-corrected chi connectivity index (χ3v) is 9.91. The zero-order chi connectivity index (χ0) is 30.6. The van der Waals surface area contributed by atoms with Gasteiger partial charge in [0.2, 0.25) is 0 Å². The molecule has 2 aromatic carbocycles. The maximum atomic E-state index is 14.1. The minimum Gasteiger partial charge on any atom is -0.459 e. The van der Waals surface area contributed by atoms with Gasteiger partial charge in [-0.3, -0.25) is 14.7 Å². The van der Waals surface area contributed by atoms with Crippen molar-refractivity contribution >= 4 is 15.8 Å². The molecule has 4 rings (SSSR count). The Morgan fingerprint density at radius 2 is 1.57 bits per heavy atom. The first kappa shape index (κ1) is 31.7. The lowest BCUT2D eigenvalue weighted by Crippen LogP contribution is -2.56. The topological polar surface area (TPSA) is 76.6 Å². The summed E-state index contributed by atoms with van der Waals surface area (Å²) in [7, 11) is -4.13. The van der Waals surface area contributed by atoms with Crippen molar-refractivity contribution in [2.24, 2.45) is 0 Å². The molecule has 0 atom stereocenters. The smallest absolute Gasteiger partial charge is 0.389 e. The van der Waals surface area contributed by atoms with E-state index in [1.54, 1.807) is 45.0 Å². The minimum atomic E-state index is -4.18. The number of aromatic nitrogens is 1. The van der Waals surface area contributed by atoms with Gasteiger partial charge in [-0.25, -0.2) is 8.42 Å². The van der Waals surface area contributed by atoms with Gasteiger partial charge in [0.1, 0.15) is 5.60 Å². The van der Waals surface area contributed by atoms with Crippen molar-refractivity contribution in [3.63, 3.8) is 0 Å². The summed E-state index contributed by atoms with van der Waals surface area (Å²) in [6, 6.07) is 19.5. The van der Waals surface area contributed by atoms with Crippen LogP contribution in [0.4, 0.5) is 13.2 Å². The second kappa shape index (κ2) is 12.6. The van der Waals surface area contributed by atoms with Crippen molar-refractivity contribution in [2.75, 3.05) is 13.1 Å². The molecule has 0 radical (unpaired) electrons. The van der Waals surface area contributed by atoms with E-state index in [0.717, 1.165) is 5.56 Å². The molecule has 3 aromatic rings. The molecule has 0 saturated carbocycles. The van der Waals surface area contributed by atoms with Gasteiger partial charge in [-0.2, -0.15) is 13.2 Å². The van der Waals surface area contributed by atoms with Crippen molar-refractivity contribution in [1.29, 1.82) is 0 Å². The van der Waals surface area contributed by atoms with Crippen LogP contribution in [0.2, 0.25) is 0 Å². The molecule has 0 N–H and O–H groups in total. The van der Waals surface area contributed by atoms with E-state index in [1.165, 1.54) is 18.3 Å². The molecule has 0 spiro atoms. The van der Waals surface area contributed by atoms with Crippen LogP contribution in [0.3, 0.4) is 0 Å². The monoisotopic (exact) mass is 602 g/mol. The maximum absolute atomic E-state index is 14.1. The zero-order valence-electron chi connectivity index (χ0n) is 24.2. The molecule has 6 nitrogen and oxygen atoms in total. The lowest BCUT2D eigenvalue weighted by molar-refractivity contribution is -0.159. The quantitative estimate of drug-likeness (QED) is 0.251. The zero-order valence-corrected chi connectivity index (χ0v) is 25.0. The van der Waals surface area contributed by atoms with Crippen LogP contribution in [0.5, 0.6) is 0 Å². The number of halogens is 3. The Kier molecular flexibility index (Phi) is 9.47. The SMILES string of the molecule is CC(C)(C)OC(=O)C1(S(=O)(=O)c2ccc(-c3ccc(CCCC(F)(F)F)cn3)cc2)CCN(Cc2ccccc2)CC1. The largest absolute Gasteiger partial charge is 0.459 e. The first-order valence-electron chi connectivity index (χ1n) is 14.1. The van der Waals surface area contributed by atoms with Crippen LogP contribution in [-0.2, 0) is 32.3 Å². The number of hydrogen-bond donors (Lipinski definition) is 0. The summed E-state index contributed by atoms with van der Waals surface area (Å²) >= 11 is 0. The lowest BCUT2D eigenvalue weighted by atomic mass is 9.95. The van der Waals surface area contributed by atoms with Crippen molar-refractivity contribution in [2.45, 2.75) is 80.8 Å². The standard InChI is InChI=1S/C32H37F3N2O4S/c1-30(2,3)41-29(38)31(18-20-37(21-19-31)23-25-8-5-4-6-9-25)42(39,40)27-14-12-26(13-15-27)28-16-11-24(22-36-28)10-7-17-32(33,34)35/h4-6,8-9,11-16,22H,7,10,17-21,23H2,1-3H3. The number of alkyl halides is 3. The van der Waals surface area contributed by atoms with E-state index in [2.05, 4.69) is 9.88 Å². The number of nitrogens with zero attached hydrogens (tertiary/aromatic N) is 2. The van der Waals surface area contributed by atoms with Crippen molar-refractivity contribution < 1.29 is 31.1 Å². The van der Waals surface area contributed by atoms with Crippen LogP contribution in [0.25, 0.3) is 11.3 Å². The summed E-state index contributed by atoms with van der Waals surface area (Å²) in [6.07, 6.45) is -3.03. The Labute approximate surface area is 245 Å². The van der Waals surface area contributed by atoms with Crippen LogP contribution in [0, 0.1) is 0 Å². The van der Waals surface area contributed by atoms with Crippen LogP contribution in [0.1, 0.15) is 57.6 Å². The van der Waals surface area contributed by atoms with Gasteiger partial charge >= 0.3 is 12.1 Å². The first-order chi connectivity index (χ1) is 19.7. The Morgan fingerprint density at radius 1 is 0.929 bits per heavy atom. The van der Waals surface area contributed by atoms with Gasteiger partial charge in [-0.1, -0.05) is 48.5 Å². The van der Waals surface area contributed by atoms with Crippen LogP contribution in [0.15, 0.2) is 77.8 Å². The van der Waals surface area contributed by atoms with Crippen LogP contribution >= 0.6 is 0 Å². The van der Waals surface area contributed by atoms with Crippen molar-refractivity contribution in [1.82, 2.24) is 9.88 Å². The highest BCUT2D eigenvalue weighted by atomic mass is 32.2. The minimum absolute atomic E-state index is 0.0134. The predicted octanol–water partition coefficient (Wildman–Crippen LogP) is 6.78. The second-order valence-corrected chi connectivity index (χ2v) is 14.1. The molecular formula is C32H37F3N2O4S. The third kappa shape index (κ3) is 7.77. The number of sulfone groups is 1. The van der Waals surface area contributed by atoms with Gasteiger partial charge in [0, 0.05) is 37.8 Å². The summed E-state index contributed by atoms with van der Waals surface area (Å²) < 4.78 is 69.6. The molecule has 226 valence electrons. The summed E-state index contributed by atoms with van der Waals surface area (Å²) in [6.45, 7) is 6.67. The Balaban J connectivity index is 1.53. The Morgan fingerprint density at radius 3 is 2.12 bits per heavy atom. The van der Waals surface area contributed by atoms with Gasteiger partial charge < -0.3 is 4.74 Å². The normalized spacial score (nSPS) is 16.2. The lowest BCUT2D eigenvalue weighted by Gasteiger charge is -2.40. The molecule has 0 unspecified atom stereocenters. The number of pyridine rings is 1. The van der Waals surface area contributed by atoms with E-state index >= 15 is 0 Å². The molecule has 1 saturated heterocycles. The molecule has 1 aromatic heterocycles. The Bertz CT molecular complexity index is 1440. The molecule has 1 aliphatic heterocycles. The average Bonchev–Trinajstić information content (AvgIpc) is 2.93. The van der Waals surface area contributed by atoms with E-state index in [4.69, 9.17) is 4.74 Å². The van der Waals surface area contributed by atoms with Gasteiger partial charge in [0.15, 0.2) is 14.6 Å². The fraction of sp³-hybridized carbons (Fsp3) is 0.438. The highest BCUT2D eigenvalue weighted by molar-refractivity contribution is 7.93. The first-order valence-corrected chi connectivity index (χ1v) is 15.5. The van der Waals surface area contributed by atoms with E-state index in [1.807, 2.05) is 30.3 Å². The molecule has 0 amide bonds. The highest BCUT2D eigenvalue weighted by Crippen LogP contribution is 2.39. The number of carbonyl (C=O) groups excluding carboxylic acids is 1. The number of carbonyl (C=O) groups is 1. The summed E-state index contributed by atoms with van der Waals surface area (Å²) in [5, 5.41) is 0. The number of ether oxygens (including phenoxy) is 1. The van der Waals surface area contributed by atoms with Crippen LogP contribution < -0.4 is 0 Å². The number of piperidine rings is 1. The molecule has 1 fully saturated rings. The number of benzene rings is 2. The molecule has 0 bridgehead atoms. The fourth-order valence-corrected chi connectivity index (χ4v) is 7.06. The number of esters is 1. The third-order valence-electron chi connectivity index (χ3n) is 7.41. The predicted molar refractivity (Wildman–Crippen MR) is 155 cm³/mol. The molecule has 0 aliphatic carbocycles. The Hall–Kier alpha value is -3.24. The number of rotatable bonds is 9. The maximum Gasteiger partial charge on any atom is 0.389 e. The summed E-state index contributed by atoms with van der Waals surface area (Å²) in [5.74, 6) is -0.735. The summed E-state index contributed by atoms with van der Waals surface area (Å²) in [5.41, 5.74) is 2.17. The van der Waals surface area contributed by atoms with E-state index in [9.17, 15) is 26.4 Å². The number of hydrogen-bond acceptors (Lipinski definition) is 6. The van der Waals surface area contributed by atoms with E-state index in [-0.39, 0.29) is 30.6 Å². The van der Waals surface area contributed by atoms with Gasteiger partial charge in [0.25, 0.3) is 0 Å². The second-order valence-electron chi connectivity index (χ2n) is 11.8. The highest BCUT2D eigenvalue weighted by Gasteiger charge is 2.55. The molecular weight excluding hydrogens is 565 g/mol. The molecule has 10 heteroatoms. The van der Waals surface area contributed by atoms with Crippen molar-refractivity contribution in [3.8, 4) is 11.3 Å². The van der Waals surface area contributed by atoms with Crippen LogP contribution in [-0.4, -0.2) is 53.9 Å². The van der Waals surface area contributed by atoms with Crippen molar-refractivity contribution in [3.05, 3.63) is 84.1 Å². The van der Waals surface area contributed by atoms with Gasteiger partial charge in [-0.05, 0) is 75.8 Å². The molecule has 2 heterocycles. The van der Waals surface area contributed by atoms with E-state index in [0.29, 0.717) is 36.5 Å². The average molecular weight is 603 g/mol. The molecule has 1 aliphatic rings. The molecule has 42 heavy (non-hydrogen) atoms. The van der Waals surface area contributed by atoms with Gasteiger partial charge in [-0.15, -0.1) is 0 Å². The number of likely N-dealkylation sites (tertiary alicyclic amines) is 1. The van der Waals surface area contributed by atoms with E-state index < -0.39 is 38.8 Å². The van der Waals surface area contributed by atoms with Gasteiger partial charge in [0.05, 0.1) is 10.6 Å².